The summed E-state index contributed by atoms with van der Waals surface area (Å²) in [6.07, 6.45) is 0.347. The summed E-state index contributed by atoms with van der Waals surface area (Å²) in [5.74, 6) is -0.203. The first kappa shape index (κ1) is 10.3. The van der Waals surface area contributed by atoms with Gasteiger partial charge in [-0.2, -0.15) is 5.26 Å². The third kappa shape index (κ3) is 2.33. The van der Waals surface area contributed by atoms with Crippen molar-refractivity contribution in [3.63, 3.8) is 0 Å². The van der Waals surface area contributed by atoms with E-state index < -0.39 is 0 Å². The van der Waals surface area contributed by atoms with Crippen molar-refractivity contribution in [3.05, 3.63) is 29.3 Å². The number of phenols is 1. The molecule has 0 aliphatic rings. The fourth-order valence-electron chi connectivity index (χ4n) is 1.18. The highest BCUT2D eigenvalue weighted by Gasteiger charge is 2.10. The molecule has 3 nitrogen and oxygen atoms in total. The monoisotopic (exact) mass is 189 g/mol. The Hall–Kier alpha value is -1.82. The molecule has 1 aromatic rings. The molecule has 0 fully saturated rings. The summed E-state index contributed by atoms with van der Waals surface area (Å²) in [5, 5.41) is 17.7. The number of benzene rings is 1. The van der Waals surface area contributed by atoms with Crippen LogP contribution in [0.3, 0.4) is 0 Å². The van der Waals surface area contributed by atoms with E-state index in [0.717, 1.165) is 5.56 Å². The predicted octanol–water partition coefficient (Wildman–Crippen LogP) is 2.19. The molecule has 0 bridgehead atoms. The van der Waals surface area contributed by atoms with E-state index in [1.165, 1.54) is 6.07 Å². The van der Waals surface area contributed by atoms with E-state index in [9.17, 15) is 9.90 Å². The minimum atomic E-state index is -0.187. The molecule has 0 aromatic heterocycles. The second-order valence-electron chi connectivity index (χ2n) is 3.10. The van der Waals surface area contributed by atoms with Gasteiger partial charge in [0, 0.05) is 12.8 Å². The smallest absolute Gasteiger partial charge is 0.167 e. The van der Waals surface area contributed by atoms with Gasteiger partial charge in [0.1, 0.15) is 5.75 Å². The Kier molecular flexibility index (Phi) is 3.24. The Morgan fingerprint density at radius 3 is 2.93 bits per heavy atom. The lowest BCUT2D eigenvalue weighted by atomic mass is 10.0. The summed E-state index contributed by atoms with van der Waals surface area (Å²) >= 11 is 0. The summed E-state index contributed by atoms with van der Waals surface area (Å²) in [5.41, 5.74) is 1.23. The first-order valence-electron chi connectivity index (χ1n) is 4.35. The molecule has 1 rings (SSSR count). The van der Waals surface area contributed by atoms with Gasteiger partial charge < -0.3 is 5.11 Å². The van der Waals surface area contributed by atoms with E-state index in [0.29, 0.717) is 5.56 Å². The number of phenolic OH excluding ortho intramolecular Hbond substituents is 1. The van der Waals surface area contributed by atoms with Crippen LogP contribution in [0.4, 0.5) is 0 Å². The molecule has 1 N–H and O–H groups in total. The van der Waals surface area contributed by atoms with E-state index >= 15 is 0 Å². The van der Waals surface area contributed by atoms with Crippen LogP contribution in [0.15, 0.2) is 18.2 Å². The third-order valence-electron chi connectivity index (χ3n) is 1.92. The van der Waals surface area contributed by atoms with Gasteiger partial charge in [0.15, 0.2) is 5.78 Å². The Balaban J connectivity index is 2.90. The maximum atomic E-state index is 11.5. The fraction of sp³-hybridized carbons (Fsp3) is 0.273. The van der Waals surface area contributed by atoms with Gasteiger partial charge >= 0.3 is 0 Å². The van der Waals surface area contributed by atoms with Crippen LogP contribution in [0.1, 0.15) is 28.8 Å². The number of hydrogen-bond donors (Lipinski definition) is 1. The largest absolute Gasteiger partial charge is 0.507 e. The van der Waals surface area contributed by atoms with Crippen LogP contribution < -0.4 is 0 Å². The fourth-order valence-corrected chi connectivity index (χ4v) is 1.18. The topological polar surface area (TPSA) is 61.1 Å². The number of nitriles is 1. The minimum absolute atomic E-state index is 0.0152. The van der Waals surface area contributed by atoms with Gasteiger partial charge in [-0.15, -0.1) is 0 Å². The number of aromatic hydroxyl groups is 1. The number of ketones is 1. The lowest BCUT2D eigenvalue weighted by molar-refractivity contribution is 0.0981. The molecular formula is C11H11NO2. The average Bonchev–Trinajstić information content (AvgIpc) is 2.18. The van der Waals surface area contributed by atoms with Gasteiger partial charge in [0.25, 0.3) is 0 Å². The van der Waals surface area contributed by atoms with Crippen molar-refractivity contribution in [1.82, 2.24) is 0 Å². The maximum absolute atomic E-state index is 11.5. The van der Waals surface area contributed by atoms with Crippen LogP contribution >= 0.6 is 0 Å². The first-order chi connectivity index (χ1) is 6.65. The standard InChI is InChI=1S/C11H11NO2/c1-8-4-5-11(14)9(7-8)10(13)3-2-6-12/h4-5,7,14H,2-3H2,1H3. The third-order valence-corrected chi connectivity index (χ3v) is 1.92. The van der Waals surface area contributed by atoms with Gasteiger partial charge in [0.2, 0.25) is 0 Å². The quantitative estimate of drug-likeness (QED) is 0.741. The highest BCUT2D eigenvalue weighted by Crippen LogP contribution is 2.20. The van der Waals surface area contributed by atoms with E-state index in [1.807, 2.05) is 13.0 Å². The number of nitrogens with zero attached hydrogens (tertiary/aromatic N) is 1. The van der Waals surface area contributed by atoms with Crippen LogP contribution in [-0.4, -0.2) is 10.9 Å². The molecule has 0 amide bonds. The molecule has 0 saturated carbocycles. The van der Waals surface area contributed by atoms with Crippen molar-refractivity contribution in [2.45, 2.75) is 19.8 Å². The molecule has 0 radical (unpaired) electrons. The van der Waals surface area contributed by atoms with Crippen LogP contribution in [0.25, 0.3) is 0 Å². The Morgan fingerprint density at radius 1 is 1.57 bits per heavy atom. The summed E-state index contributed by atoms with van der Waals surface area (Å²) in [6.45, 7) is 1.85. The average molecular weight is 189 g/mol. The number of hydrogen-bond acceptors (Lipinski definition) is 3. The molecule has 0 aliphatic carbocycles. The Morgan fingerprint density at radius 2 is 2.29 bits per heavy atom. The normalized spacial score (nSPS) is 9.43. The molecule has 72 valence electrons. The summed E-state index contributed by atoms with van der Waals surface area (Å²) < 4.78 is 0. The van der Waals surface area contributed by atoms with Crippen molar-refractivity contribution in [1.29, 1.82) is 5.26 Å². The van der Waals surface area contributed by atoms with Gasteiger partial charge in [-0.25, -0.2) is 0 Å². The molecule has 0 saturated heterocycles. The van der Waals surface area contributed by atoms with Crippen LogP contribution in [0.5, 0.6) is 5.75 Å². The molecule has 0 heterocycles. The molecule has 1 aromatic carbocycles. The lowest BCUT2D eigenvalue weighted by Crippen LogP contribution is -1.99. The van der Waals surface area contributed by atoms with Crippen molar-refractivity contribution in [2.24, 2.45) is 0 Å². The van der Waals surface area contributed by atoms with Gasteiger partial charge in [-0.1, -0.05) is 11.6 Å². The number of Topliss-reactive ketones (excluding diaryl/α,β-unsaturated/α-hetero) is 1. The van der Waals surface area contributed by atoms with Crippen LogP contribution in [-0.2, 0) is 0 Å². The number of carbonyl (C=O) groups excluding carboxylic acids is 1. The number of rotatable bonds is 3. The molecule has 0 unspecified atom stereocenters. The van der Waals surface area contributed by atoms with Crippen molar-refractivity contribution < 1.29 is 9.90 Å². The van der Waals surface area contributed by atoms with Crippen LogP contribution in [0.2, 0.25) is 0 Å². The highest BCUT2D eigenvalue weighted by molar-refractivity contribution is 5.98. The van der Waals surface area contributed by atoms with Crippen molar-refractivity contribution in [3.8, 4) is 11.8 Å². The maximum Gasteiger partial charge on any atom is 0.167 e. The molecule has 0 spiro atoms. The van der Waals surface area contributed by atoms with Gasteiger partial charge in [0.05, 0.1) is 11.6 Å². The molecule has 3 heteroatoms. The second kappa shape index (κ2) is 4.43. The number of carbonyl (C=O) groups is 1. The first-order valence-corrected chi connectivity index (χ1v) is 4.35. The summed E-state index contributed by atoms with van der Waals surface area (Å²) in [6, 6.07) is 6.76. The summed E-state index contributed by atoms with van der Waals surface area (Å²) in [7, 11) is 0. The van der Waals surface area contributed by atoms with Gasteiger partial charge in [-0.3, -0.25) is 4.79 Å². The zero-order valence-corrected chi connectivity index (χ0v) is 7.95. The van der Waals surface area contributed by atoms with Crippen molar-refractivity contribution >= 4 is 5.78 Å². The molecule has 0 atom stereocenters. The zero-order valence-electron chi connectivity index (χ0n) is 7.95. The van der Waals surface area contributed by atoms with Crippen LogP contribution in [0, 0.1) is 18.3 Å². The lowest BCUT2D eigenvalue weighted by Gasteiger charge is -2.02. The molecule has 0 aliphatic heterocycles. The van der Waals surface area contributed by atoms with E-state index in [4.69, 9.17) is 5.26 Å². The molecular weight excluding hydrogens is 178 g/mol. The summed E-state index contributed by atoms with van der Waals surface area (Å²) in [4.78, 5) is 11.5. The van der Waals surface area contributed by atoms with Gasteiger partial charge in [-0.05, 0) is 19.1 Å². The van der Waals surface area contributed by atoms with E-state index in [2.05, 4.69) is 0 Å². The molecule has 14 heavy (non-hydrogen) atoms. The highest BCUT2D eigenvalue weighted by atomic mass is 16.3. The Bertz CT molecular complexity index is 391. The number of aryl methyl sites for hydroxylation is 1. The second-order valence-corrected chi connectivity index (χ2v) is 3.10. The van der Waals surface area contributed by atoms with E-state index in [-0.39, 0.29) is 24.4 Å². The van der Waals surface area contributed by atoms with Crippen molar-refractivity contribution in [2.75, 3.05) is 0 Å². The zero-order chi connectivity index (χ0) is 10.6. The van der Waals surface area contributed by atoms with E-state index in [1.54, 1.807) is 12.1 Å². The Labute approximate surface area is 82.6 Å². The minimum Gasteiger partial charge on any atom is -0.507 e. The SMILES string of the molecule is Cc1ccc(O)c(C(=O)CCC#N)c1. The predicted molar refractivity (Wildman–Crippen MR) is 52.0 cm³/mol.